The van der Waals surface area contributed by atoms with Gasteiger partial charge in [0.2, 0.25) is 0 Å². The third kappa shape index (κ3) is 3.15. The van der Waals surface area contributed by atoms with Crippen LogP contribution >= 0.6 is 23.4 Å². The first kappa shape index (κ1) is 14.7. The van der Waals surface area contributed by atoms with E-state index in [2.05, 4.69) is 17.4 Å². The van der Waals surface area contributed by atoms with Crippen molar-refractivity contribution in [2.24, 2.45) is 0 Å². The maximum absolute atomic E-state index is 5.95. The number of ether oxygens (including phenoxy) is 2. The summed E-state index contributed by atoms with van der Waals surface area (Å²) in [6, 6.07) is 8.54. The maximum Gasteiger partial charge on any atom is 0.169 e. The fourth-order valence-electron chi connectivity index (χ4n) is 3.01. The molecule has 2 fully saturated rings. The Labute approximate surface area is 129 Å². The summed E-state index contributed by atoms with van der Waals surface area (Å²) >= 11 is 7.83. The second-order valence-electron chi connectivity index (χ2n) is 5.36. The second-order valence-corrected chi connectivity index (χ2v) is 7.10. The Hall–Kier alpha value is -0.260. The van der Waals surface area contributed by atoms with Crippen molar-refractivity contribution in [3.8, 4) is 0 Å². The summed E-state index contributed by atoms with van der Waals surface area (Å²) in [6.07, 6.45) is 3.00. The molecule has 1 aliphatic heterocycles. The van der Waals surface area contributed by atoms with Crippen molar-refractivity contribution in [3.05, 3.63) is 29.3 Å². The molecule has 1 saturated heterocycles. The van der Waals surface area contributed by atoms with E-state index >= 15 is 0 Å². The minimum atomic E-state index is -0.336. The van der Waals surface area contributed by atoms with Gasteiger partial charge in [-0.3, -0.25) is 0 Å². The molecular weight excluding hydrogens is 294 g/mol. The first-order chi connectivity index (χ1) is 9.71. The van der Waals surface area contributed by atoms with Crippen molar-refractivity contribution in [1.29, 1.82) is 0 Å². The lowest BCUT2D eigenvalue weighted by molar-refractivity contribution is -0.177. The van der Waals surface area contributed by atoms with Gasteiger partial charge in [0, 0.05) is 34.1 Å². The van der Waals surface area contributed by atoms with Crippen molar-refractivity contribution < 1.29 is 9.47 Å². The summed E-state index contributed by atoms with van der Waals surface area (Å²) in [5.74, 6) is -0.336. The van der Waals surface area contributed by atoms with E-state index in [9.17, 15) is 0 Å². The van der Waals surface area contributed by atoms with E-state index in [1.54, 1.807) is 0 Å². The lowest BCUT2D eigenvalue weighted by Gasteiger charge is -2.40. The Kier molecular flexibility index (Phi) is 4.58. The fourth-order valence-corrected chi connectivity index (χ4v) is 4.56. The number of hydrogen-bond donors (Lipinski definition) is 1. The molecule has 1 aliphatic carbocycles. The SMILES string of the molecule is CNC1CCC2(CC1Sc1ccc(Cl)cc1)OCCO2. The minimum Gasteiger partial charge on any atom is -0.347 e. The van der Waals surface area contributed by atoms with Crippen LogP contribution in [0.25, 0.3) is 0 Å². The van der Waals surface area contributed by atoms with Crippen LogP contribution in [0.5, 0.6) is 0 Å². The number of benzene rings is 1. The molecule has 2 unspecified atom stereocenters. The van der Waals surface area contributed by atoms with Gasteiger partial charge in [-0.25, -0.2) is 0 Å². The van der Waals surface area contributed by atoms with Crippen LogP contribution in [0.3, 0.4) is 0 Å². The van der Waals surface area contributed by atoms with E-state index in [0.29, 0.717) is 11.3 Å². The lowest BCUT2D eigenvalue weighted by Crippen LogP contribution is -2.48. The fraction of sp³-hybridized carbons (Fsp3) is 0.600. The molecule has 1 spiro atoms. The molecule has 0 aromatic heterocycles. The molecule has 1 N–H and O–H groups in total. The van der Waals surface area contributed by atoms with Gasteiger partial charge in [-0.1, -0.05) is 11.6 Å². The predicted octanol–water partition coefficient (Wildman–Crippen LogP) is 3.32. The first-order valence-electron chi connectivity index (χ1n) is 7.08. The average Bonchev–Trinajstić information content (AvgIpc) is 2.90. The van der Waals surface area contributed by atoms with E-state index in [0.717, 1.165) is 37.5 Å². The number of halogens is 1. The Bertz CT molecular complexity index is 448. The number of rotatable bonds is 3. The highest BCUT2D eigenvalue weighted by atomic mass is 35.5. The second kappa shape index (κ2) is 6.24. The smallest absolute Gasteiger partial charge is 0.169 e. The molecule has 2 aliphatic rings. The molecular formula is C15H20ClNO2S. The van der Waals surface area contributed by atoms with Crippen molar-refractivity contribution in [1.82, 2.24) is 5.32 Å². The van der Waals surface area contributed by atoms with E-state index in [4.69, 9.17) is 21.1 Å². The number of thioether (sulfide) groups is 1. The highest BCUT2D eigenvalue weighted by Crippen LogP contribution is 2.42. The predicted molar refractivity (Wildman–Crippen MR) is 82.4 cm³/mol. The Morgan fingerprint density at radius 3 is 2.60 bits per heavy atom. The normalized spacial score (nSPS) is 28.9. The monoisotopic (exact) mass is 313 g/mol. The Morgan fingerprint density at radius 1 is 1.25 bits per heavy atom. The summed E-state index contributed by atoms with van der Waals surface area (Å²) in [6.45, 7) is 1.45. The van der Waals surface area contributed by atoms with E-state index in [-0.39, 0.29) is 5.79 Å². The minimum absolute atomic E-state index is 0.336. The van der Waals surface area contributed by atoms with Crippen molar-refractivity contribution in [3.63, 3.8) is 0 Å². The van der Waals surface area contributed by atoms with Crippen LogP contribution in [-0.4, -0.2) is 37.3 Å². The van der Waals surface area contributed by atoms with Crippen LogP contribution in [0.15, 0.2) is 29.2 Å². The molecule has 20 heavy (non-hydrogen) atoms. The highest BCUT2D eigenvalue weighted by molar-refractivity contribution is 8.00. The largest absolute Gasteiger partial charge is 0.347 e. The van der Waals surface area contributed by atoms with Crippen LogP contribution in [0.2, 0.25) is 5.02 Å². The van der Waals surface area contributed by atoms with Gasteiger partial charge < -0.3 is 14.8 Å². The molecule has 2 atom stereocenters. The van der Waals surface area contributed by atoms with Gasteiger partial charge in [0.05, 0.1) is 13.2 Å². The number of hydrogen-bond acceptors (Lipinski definition) is 4. The van der Waals surface area contributed by atoms with Gasteiger partial charge >= 0.3 is 0 Å². The van der Waals surface area contributed by atoms with Gasteiger partial charge in [-0.15, -0.1) is 11.8 Å². The van der Waals surface area contributed by atoms with Crippen LogP contribution in [0.4, 0.5) is 0 Å². The molecule has 0 amide bonds. The molecule has 1 heterocycles. The molecule has 0 radical (unpaired) electrons. The van der Waals surface area contributed by atoms with Crippen molar-refractivity contribution in [2.45, 2.75) is 41.2 Å². The van der Waals surface area contributed by atoms with E-state index < -0.39 is 0 Å². The molecule has 110 valence electrons. The summed E-state index contributed by atoms with van der Waals surface area (Å²) in [5, 5.41) is 4.67. The van der Waals surface area contributed by atoms with E-state index in [1.807, 2.05) is 30.9 Å². The molecule has 1 saturated carbocycles. The van der Waals surface area contributed by atoms with Crippen LogP contribution in [0, 0.1) is 0 Å². The first-order valence-corrected chi connectivity index (χ1v) is 8.34. The van der Waals surface area contributed by atoms with Crippen LogP contribution in [0.1, 0.15) is 19.3 Å². The summed E-state index contributed by atoms with van der Waals surface area (Å²) < 4.78 is 11.8. The van der Waals surface area contributed by atoms with Crippen molar-refractivity contribution in [2.75, 3.05) is 20.3 Å². The van der Waals surface area contributed by atoms with Gasteiger partial charge in [0.15, 0.2) is 5.79 Å². The highest BCUT2D eigenvalue weighted by Gasteiger charge is 2.45. The van der Waals surface area contributed by atoms with E-state index in [1.165, 1.54) is 4.90 Å². The molecule has 1 aromatic carbocycles. The number of nitrogens with one attached hydrogen (secondary N) is 1. The summed E-state index contributed by atoms with van der Waals surface area (Å²) in [5.41, 5.74) is 0. The third-order valence-corrected chi connectivity index (χ3v) is 5.68. The lowest BCUT2D eigenvalue weighted by atomic mass is 9.89. The Balaban J connectivity index is 1.72. The van der Waals surface area contributed by atoms with Gasteiger partial charge in [-0.2, -0.15) is 0 Å². The third-order valence-electron chi connectivity index (χ3n) is 4.08. The topological polar surface area (TPSA) is 30.5 Å². The molecule has 3 rings (SSSR count). The molecule has 0 bridgehead atoms. The van der Waals surface area contributed by atoms with Gasteiger partial charge in [0.1, 0.15) is 0 Å². The Morgan fingerprint density at radius 2 is 1.95 bits per heavy atom. The molecule has 3 nitrogen and oxygen atoms in total. The summed E-state index contributed by atoms with van der Waals surface area (Å²) in [4.78, 5) is 1.25. The standard InChI is InChI=1S/C15H20ClNO2S/c1-17-13-6-7-15(18-8-9-19-15)10-14(13)20-12-4-2-11(16)3-5-12/h2-5,13-14,17H,6-10H2,1H3. The van der Waals surface area contributed by atoms with Crippen LogP contribution < -0.4 is 5.32 Å². The zero-order valence-electron chi connectivity index (χ0n) is 11.6. The van der Waals surface area contributed by atoms with Gasteiger partial charge in [-0.05, 0) is 37.7 Å². The summed E-state index contributed by atoms with van der Waals surface area (Å²) in [7, 11) is 2.04. The zero-order chi connectivity index (χ0) is 14.0. The van der Waals surface area contributed by atoms with Crippen LogP contribution in [-0.2, 0) is 9.47 Å². The van der Waals surface area contributed by atoms with Gasteiger partial charge in [0.25, 0.3) is 0 Å². The quantitative estimate of drug-likeness (QED) is 0.927. The van der Waals surface area contributed by atoms with Crippen molar-refractivity contribution >= 4 is 23.4 Å². The molecule has 5 heteroatoms. The maximum atomic E-state index is 5.95. The molecule has 1 aromatic rings. The average molecular weight is 314 g/mol. The zero-order valence-corrected chi connectivity index (χ0v) is 13.2.